The molecular formula is C14H18N4O. The van der Waals surface area contributed by atoms with Gasteiger partial charge in [-0.1, -0.05) is 6.07 Å². The predicted octanol–water partition coefficient (Wildman–Crippen LogP) is 2.13. The highest BCUT2D eigenvalue weighted by molar-refractivity contribution is 6.04. The van der Waals surface area contributed by atoms with Crippen molar-refractivity contribution in [2.75, 3.05) is 23.8 Å². The Hall–Kier alpha value is -2.30. The Morgan fingerprint density at radius 3 is 2.89 bits per heavy atom. The maximum Gasteiger partial charge on any atom is 0.258 e. The third-order valence-corrected chi connectivity index (χ3v) is 2.99. The molecule has 2 rings (SSSR count). The van der Waals surface area contributed by atoms with Crippen molar-refractivity contribution in [2.24, 2.45) is 7.05 Å². The van der Waals surface area contributed by atoms with Gasteiger partial charge < -0.3 is 10.2 Å². The summed E-state index contributed by atoms with van der Waals surface area (Å²) in [7, 11) is 3.80. The van der Waals surface area contributed by atoms with E-state index in [0.717, 1.165) is 17.9 Å². The van der Waals surface area contributed by atoms with E-state index in [-0.39, 0.29) is 5.91 Å². The molecule has 0 spiro atoms. The fourth-order valence-corrected chi connectivity index (χ4v) is 1.75. The highest BCUT2D eigenvalue weighted by Crippen LogP contribution is 2.18. The minimum atomic E-state index is -0.149. The number of anilines is 2. The molecule has 1 amide bonds. The molecule has 2 aromatic rings. The summed E-state index contributed by atoms with van der Waals surface area (Å²) in [5, 5.41) is 6.86. The van der Waals surface area contributed by atoms with Crippen LogP contribution in [-0.4, -0.2) is 29.3 Å². The molecule has 0 saturated heterocycles. The number of amides is 1. The lowest BCUT2D eigenvalue weighted by molar-refractivity contribution is 0.102. The number of hydrogen-bond acceptors (Lipinski definition) is 3. The van der Waals surface area contributed by atoms with Crippen LogP contribution in [0.3, 0.4) is 0 Å². The molecule has 0 saturated carbocycles. The van der Waals surface area contributed by atoms with Crippen LogP contribution in [0.15, 0.2) is 36.7 Å². The summed E-state index contributed by atoms with van der Waals surface area (Å²) in [6, 6.07) is 7.78. The Morgan fingerprint density at radius 2 is 2.26 bits per heavy atom. The minimum absolute atomic E-state index is 0.149. The Morgan fingerprint density at radius 1 is 1.47 bits per heavy atom. The average molecular weight is 258 g/mol. The first-order valence-electron chi connectivity index (χ1n) is 6.21. The van der Waals surface area contributed by atoms with Gasteiger partial charge in [0, 0.05) is 38.2 Å². The second-order valence-corrected chi connectivity index (χ2v) is 4.42. The van der Waals surface area contributed by atoms with Crippen LogP contribution in [0.5, 0.6) is 0 Å². The molecule has 0 fully saturated rings. The second-order valence-electron chi connectivity index (χ2n) is 4.42. The molecule has 0 unspecified atom stereocenters. The normalized spacial score (nSPS) is 10.3. The predicted molar refractivity (Wildman–Crippen MR) is 76.5 cm³/mol. The van der Waals surface area contributed by atoms with Crippen LogP contribution in [0, 0.1) is 0 Å². The van der Waals surface area contributed by atoms with Crippen molar-refractivity contribution >= 4 is 17.3 Å². The topological polar surface area (TPSA) is 50.2 Å². The summed E-state index contributed by atoms with van der Waals surface area (Å²) < 4.78 is 1.61. The SMILES string of the molecule is CCN(C)c1cccc(NC(=O)c2cnn(C)c2)c1. The molecule has 0 aliphatic carbocycles. The first-order chi connectivity index (χ1) is 9.10. The van der Waals surface area contributed by atoms with E-state index in [0.29, 0.717) is 5.56 Å². The first kappa shape index (κ1) is 13.1. The van der Waals surface area contributed by atoms with Crippen molar-refractivity contribution in [2.45, 2.75) is 6.92 Å². The van der Waals surface area contributed by atoms with Crippen molar-refractivity contribution in [3.63, 3.8) is 0 Å². The molecule has 5 nitrogen and oxygen atoms in total. The van der Waals surface area contributed by atoms with E-state index in [9.17, 15) is 4.79 Å². The van der Waals surface area contributed by atoms with E-state index in [4.69, 9.17) is 0 Å². The van der Waals surface area contributed by atoms with Crippen LogP contribution >= 0.6 is 0 Å². The second kappa shape index (κ2) is 5.56. The number of carbonyl (C=O) groups is 1. The summed E-state index contributed by atoms with van der Waals surface area (Å²) in [5.74, 6) is -0.149. The molecule has 1 N–H and O–H groups in total. The molecule has 1 aromatic carbocycles. The fraction of sp³-hybridized carbons (Fsp3) is 0.286. The number of nitrogens with zero attached hydrogens (tertiary/aromatic N) is 3. The molecule has 19 heavy (non-hydrogen) atoms. The lowest BCUT2D eigenvalue weighted by Crippen LogP contribution is -2.16. The summed E-state index contributed by atoms with van der Waals surface area (Å²) in [5.41, 5.74) is 2.41. The number of carbonyl (C=O) groups excluding carboxylic acids is 1. The van der Waals surface area contributed by atoms with Gasteiger partial charge in [-0.05, 0) is 25.1 Å². The summed E-state index contributed by atoms with van der Waals surface area (Å²) in [6.45, 7) is 3.00. The molecule has 0 aliphatic rings. The van der Waals surface area contributed by atoms with Crippen LogP contribution in [0.25, 0.3) is 0 Å². The molecule has 5 heteroatoms. The maximum absolute atomic E-state index is 12.0. The molecule has 100 valence electrons. The fourth-order valence-electron chi connectivity index (χ4n) is 1.75. The van der Waals surface area contributed by atoms with Gasteiger partial charge in [-0.15, -0.1) is 0 Å². The number of rotatable bonds is 4. The smallest absolute Gasteiger partial charge is 0.258 e. The monoisotopic (exact) mass is 258 g/mol. The van der Waals surface area contributed by atoms with Gasteiger partial charge in [-0.25, -0.2) is 0 Å². The Kier molecular flexibility index (Phi) is 3.85. The third-order valence-electron chi connectivity index (χ3n) is 2.99. The highest BCUT2D eigenvalue weighted by atomic mass is 16.1. The quantitative estimate of drug-likeness (QED) is 0.914. The van der Waals surface area contributed by atoms with Crippen LogP contribution in [-0.2, 0) is 7.05 Å². The van der Waals surface area contributed by atoms with E-state index in [2.05, 4.69) is 22.2 Å². The Bertz CT molecular complexity index is 576. The third kappa shape index (κ3) is 3.13. The number of hydrogen-bond donors (Lipinski definition) is 1. The van der Waals surface area contributed by atoms with Crippen molar-refractivity contribution in [1.29, 1.82) is 0 Å². The zero-order valence-corrected chi connectivity index (χ0v) is 11.4. The van der Waals surface area contributed by atoms with Crippen molar-refractivity contribution in [1.82, 2.24) is 9.78 Å². The maximum atomic E-state index is 12.0. The molecular weight excluding hydrogens is 240 g/mol. The highest BCUT2D eigenvalue weighted by Gasteiger charge is 2.08. The van der Waals surface area contributed by atoms with Crippen LogP contribution in [0.4, 0.5) is 11.4 Å². The summed E-state index contributed by atoms with van der Waals surface area (Å²) >= 11 is 0. The van der Waals surface area contributed by atoms with E-state index < -0.39 is 0 Å². The number of benzene rings is 1. The molecule has 0 bridgehead atoms. The standard InChI is InChI=1S/C14H18N4O/c1-4-17(2)13-7-5-6-12(8-13)16-14(19)11-9-15-18(3)10-11/h5-10H,4H2,1-3H3,(H,16,19). The van der Waals surface area contributed by atoms with Gasteiger partial charge in [-0.3, -0.25) is 9.48 Å². The Labute approximate surface area is 112 Å². The first-order valence-corrected chi connectivity index (χ1v) is 6.21. The molecule has 1 heterocycles. The van der Waals surface area contributed by atoms with Gasteiger partial charge in [0.15, 0.2) is 0 Å². The molecule has 0 aliphatic heterocycles. The van der Waals surface area contributed by atoms with Gasteiger partial charge in [0.1, 0.15) is 0 Å². The number of nitrogens with one attached hydrogen (secondary N) is 1. The van der Waals surface area contributed by atoms with Crippen LogP contribution in [0.1, 0.15) is 17.3 Å². The lowest BCUT2D eigenvalue weighted by Gasteiger charge is -2.17. The zero-order chi connectivity index (χ0) is 13.8. The lowest BCUT2D eigenvalue weighted by atomic mass is 10.2. The van der Waals surface area contributed by atoms with Gasteiger partial charge in [0.2, 0.25) is 0 Å². The van der Waals surface area contributed by atoms with E-state index in [1.54, 1.807) is 24.1 Å². The van der Waals surface area contributed by atoms with E-state index >= 15 is 0 Å². The van der Waals surface area contributed by atoms with Gasteiger partial charge in [0.25, 0.3) is 5.91 Å². The van der Waals surface area contributed by atoms with Crippen molar-refractivity contribution < 1.29 is 4.79 Å². The summed E-state index contributed by atoms with van der Waals surface area (Å²) in [4.78, 5) is 14.1. The summed E-state index contributed by atoms with van der Waals surface area (Å²) in [6.07, 6.45) is 3.24. The van der Waals surface area contributed by atoms with Crippen molar-refractivity contribution in [3.05, 3.63) is 42.2 Å². The minimum Gasteiger partial charge on any atom is -0.375 e. The van der Waals surface area contributed by atoms with Gasteiger partial charge in [0.05, 0.1) is 11.8 Å². The zero-order valence-electron chi connectivity index (χ0n) is 11.4. The Balaban J connectivity index is 2.13. The average Bonchev–Trinajstić information content (AvgIpc) is 2.85. The van der Waals surface area contributed by atoms with Gasteiger partial charge in [-0.2, -0.15) is 5.10 Å². The van der Waals surface area contributed by atoms with Gasteiger partial charge >= 0.3 is 0 Å². The van der Waals surface area contributed by atoms with E-state index in [1.807, 2.05) is 31.3 Å². The molecule has 0 atom stereocenters. The van der Waals surface area contributed by atoms with Crippen LogP contribution in [0.2, 0.25) is 0 Å². The van der Waals surface area contributed by atoms with E-state index in [1.165, 1.54) is 0 Å². The largest absolute Gasteiger partial charge is 0.375 e. The molecule has 1 aromatic heterocycles. The van der Waals surface area contributed by atoms with Crippen molar-refractivity contribution in [3.8, 4) is 0 Å². The van der Waals surface area contributed by atoms with Crippen LogP contribution < -0.4 is 10.2 Å². The molecule has 0 radical (unpaired) electrons. The number of aromatic nitrogens is 2. The number of aryl methyl sites for hydroxylation is 1.